The van der Waals surface area contributed by atoms with Gasteiger partial charge in [0.25, 0.3) is 0 Å². The molecule has 1 rings (SSSR count). The molecule has 0 unspecified atom stereocenters. The van der Waals surface area contributed by atoms with Crippen molar-refractivity contribution in [1.82, 2.24) is 4.90 Å². The van der Waals surface area contributed by atoms with Crippen LogP contribution in [-0.2, 0) is 4.79 Å². The fraction of sp³-hybridized carbons (Fsp3) is 0.588. The van der Waals surface area contributed by atoms with Crippen molar-refractivity contribution in [3.63, 3.8) is 0 Å². The van der Waals surface area contributed by atoms with E-state index in [4.69, 9.17) is 0 Å². The van der Waals surface area contributed by atoms with Gasteiger partial charge in [0.15, 0.2) is 0 Å². The van der Waals surface area contributed by atoms with Crippen LogP contribution in [0, 0.1) is 13.8 Å². The second kappa shape index (κ2) is 8.62. The SMILES string of the molecule is CCCN(CCC)C(=O)CCNc1c(C)cccc1C. The standard InChI is InChI=1S/C17H28N2O/c1-5-12-19(13-6-2)16(20)10-11-18-17-14(3)8-7-9-15(17)4/h7-9,18H,5-6,10-13H2,1-4H3. The number of carbonyl (C=O) groups excluding carboxylic acids is 1. The number of anilines is 1. The van der Waals surface area contributed by atoms with Crippen LogP contribution < -0.4 is 5.32 Å². The molecule has 0 radical (unpaired) electrons. The largest absolute Gasteiger partial charge is 0.384 e. The lowest BCUT2D eigenvalue weighted by Crippen LogP contribution is -2.33. The van der Waals surface area contributed by atoms with Crippen LogP contribution in [-0.4, -0.2) is 30.4 Å². The number of hydrogen-bond donors (Lipinski definition) is 1. The van der Waals surface area contributed by atoms with Gasteiger partial charge in [-0.25, -0.2) is 0 Å². The molecular formula is C17H28N2O. The predicted molar refractivity (Wildman–Crippen MR) is 86.2 cm³/mol. The normalized spacial score (nSPS) is 10.4. The average molecular weight is 276 g/mol. The lowest BCUT2D eigenvalue weighted by atomic mass is 10.1. The first-order chi connectivity index (χ1) is 9.60. The first kappa shape index (κ1) is 16.5. The van der Waals surface area contributed by atoms with E-state index in [1.54, 1.807) is 0 Å². The number of hydrogen-bond acceptors (Lipinski definition) is 2. The van der Waals surface area contributed by atoms with Gasteiger partial charge in [-0.1, -0.05) is 32.0 Å². The maximum absolute atomic E-state index is 12.2. The molecule has 20 heavy (non-hydrogen) atoms. The second-order valence-corrected chi connectivity index (χ2v) is 5.32. The number of para-hydroxylation sites is 1. The van der Waals surface area contributed by atoms with Crippen molar-refractivity contribution < 1.29 is 4.79 Å². The number of rotatable bonds is 8. The Morgan fingerprint density at radius 3 is 2.15 bits per heavy atom. The van der Waals surface area contributed by atoms with E-state index in [1.165, 1.54) is 11.1 Å². The molecule has 112 valence electrons. The maximum atomic E-state index is 12.2. The molecule has 0 aliphatic heterocycles. The lowest BCUT2D eigenvalue weighted by Gasteiger charge is -2.22. The zero-order valence-corrected chi connectivity index (χ0v) is 13.3. The summed E-state index contributed by atoms with van der Waals surface area (Å²) in [5.74, 6) is 0.257. The van der Waals surface area contributed by atoms with Crippen LogP contribution in [0.5, 0.6) is 0 Å². The molecule has 0 aliphatic carbocycles. The number of benzene rings is 1. The molecule has 0 aromatic heterocycles. The maximum Gasteiger partial charge on any atom is 0.224 e. The van der Waals surface area contributed by atoms with Gasteiger partial charge in [-0.15, -0.1) is 0 Å². The van der Waals surface area contributed by atoms with Gasteiger partial charge in [0.1, 0.15) is 0 Å². The van der Waals surface area contributed by atoms with Crippen LogP contribution in [0.25, 0.3) is 0 Å². The first-order valence-electron chi connectivity index (χ1n) is 7.68. The monoisotopic (exact) mass is 276 g/mol. The van der Waals surface area contributed by atoms with Crippen LogP contribution in [0.4, 0.5) is 5.69 Å². The minimum atomic E-state index is 0.257. The van der Waals surface area contributed by atoms with Crippen molar-refractivity contribution in [3.8, 4) is 0 Å². The molecule has 1 N–H and O–H groups in total. The van der Waals surface area contributed by atoms with Gasteiger partial charge in [0.05, 0.1) is 0 Å². The van der Waals surface area contributed by atoms with E-state index < -0.39 is 0 Å². The van der Waals surface area contributed by atoms with Gasteiger partial charge in [0, 0.05) is 31.7 Å². The van der Waals surface area contributed by atoms with Gasteiger partial charge < -0.3 is 10.2 Å². The molecule has 1 aromatic rings. The highest BCUT2D eigenvalue weighted by Gasteiger charge is 2.11. The quantitative estimate of drug-likeness (QED) is 0.784. The summed E-state index contributed by atoms with van der Waals surface area (Å²) in [4.78, 5) is 14.1. The molecule has 1 amide bonds. The molecule has 3 heteroatoms. The number of amides is 1. The third-order valence-electron chi connectivity index (χ3n) is 3.46. The highest BCUT2D eigenvalue weighted by atomic mass is 16.2. The first-order valence-corrected chi connectivity index (χ1v) is 7.68. The molecule has 0 bridgehead atoms. The molecule has 3 nitrogen and oxygen atoms in total. The summed E-state index contributed by atoms with van der Waals surface area (Å²) in [6.07, 6.45) is 2.61. The Balaban J connectivity index is 2.48. The number of carbonyl (C=O) groups is 1. The number of aryl methyl sites for hydroxylation is 2. The van der Waals surface area contributed by atoms with Crippen LogP contribution in [0.15, 0.2) is 18.2 Å². The van der Waals surface area contributed by atoms with E-state index in [1.807, 2.05) is 4.90 Å². The summed E-state index contributed by atoms with van der Waals surface area (Å²) < 4.78 is 0. The Morgan fingerprint density at radius 2 is 1.65 bits per heavy atom. The van der Waals surface area contributed by atoms with Crippen LogP contribution >= 0.6 is 0 Å². The van der Waals surface area contributed by atoms with Crippen molar-refractivity contribution in [3.05, 3.63) is 29.3 Å². The van der Waals surface area contributed by atoms with E-state index in [0.29, 0.717) is 13.0 Å². The van der Waals surface area contributed by atoms with Crippen LogP contribution in [0.3, 0.4) is 0 Å². The summed E-state index contributed by atoms with van der Waals surface area (Å²) in [6.45, 7) is 10.9. The van der Waals surface area contributed by atoms with E-state index in [-0.39, 0.29) is 5.91 Å². The zero-order valence-electron chi connectivity index (χ0n) is 13.3. The fourth-order valence-electron chi connectivity index (χ4n) is 2.45. The smallest absolute Gasteiger partial charge is 0.224 e. The van der Waals surface area contributed by atoms with E-state index in [2.05, 4.69) is 51.2 Å². The van der Waals surface area contributed by atoms with Crippen molar-refractivity contribution in [2.75, 3.05) is 25.0 Å². The highest BCUT2D eigenvalue weighted by molar-refractivity contribution is 5.76. The third-order valence-corrected chi connectivity index (χ3v) is 3.46. The minimum Gasteiger partial charge on any atom is -0.384 e. The summed E-state index contributed by atoms with van der Waals surface area (Å²) in [6, 6.07) is 6.25. The van der Waals surface area contributed by atoms with Crippen molar-refractivity contribution in [2.45, 2.75) is 47.0 Å². The van der Waals surface area contributed by atoms with Crippen molar-refractivity contribution in [1.29, 1.82) is 0 Å². The minimum absolute atomic E-state index is 0.257. The molecule has 1 aromatic carbocycles. The van der Waals surface area contributed by atoms with Gasteiger partial charge in [-0.2, -0.15) is 0 Å². The molecule has 0 atom stereocenters. The van der Waals surface area contributed by atoms with Crippen LogP contribution in [0.1, 0.15) is 44.2 Å². The van der Waals surface area contributed by atoms with Crippen molar-refractivity contribution in [2.24, 2.45) is 0 Å². The molecular weight excluding hydrogens is 248 g/mol. The highest BCUT2D eigenvalue weighted by Crippen LogP contribution is 2.19. The lowest BCUT2D eigenvalue weighted by molar-refractivity contribution is -0.131. The zero-order chi connectivity index (χ0) is 15.0. The second-order valence-electron chi connectivity index (χ2n) is 5.32. The summed E-state index contributed by atoms with van der Waals surface area (Å²) in [5, 5.41) is 3.40. The van der Waals surface area contributed by atoms with E-state index in [0.717, 1.165) is 31.6 Å². The Hall–Kier alpha value is -1.51. The third kappa shape index (κ3) is 4.87. The molecule has 0 fully saturated rings. The summed E-state index contributed by atoms with van der Waals surface area (Å²) >= 11 is 0. The van der Waals surface area contributed by atoms with Gasteiger partial charge in [-0.05, 0) is 37.8 Å². The molecule has 0 spiro atoms. The summed E-state index contributed by atoms with van der Waals surface area (Å²) in [5.41, 5.74) is 3.63. The molecule has 0 heterocycles. The summed E-state index contributed by atoms with van der Waals surface area (Å²) in [7, 11) is 0. The van der Waals surface area contributed by atoms with E-state index >= 15 is 0 Å². The van der Waals surface area contributed by atoms with Gasteiger partial charge >= 0.3 is 0 Å². The molecule has 0 saturated carbocycles. The average Bonchev–Trinajstić information content (AvgIpc) is 2.41. The predicted octanol–water partition coefficient (Wildman–Crippen LogP) is 3.75. The van der Waals surface area contributed by atoms with Crippen LogP contribution in [0.2, 0.25) is 0 Å². The van der Waals surface area contributed by atoms with Gasteiger partial charge in [0.2, 0.25) is 5.91 Å². The topological polar surface area (TPSA) is 32.3 Å². The Bertz CT molecular complexity index is 403. The number of nitrogens with one attached hydrogen (secondary N) is 1. The Morgan fingerprint density at radius 1 is 1.10 bits per heavy atom. The molecule has 0 aliphatic rings. The van der Waals surface area contributed by atoms with E-state index in [9.17, 15) is 4.79 Å². The Labute approximate surface area is 123 Å². The van der Waals surface area contributed by atoms with Crippen molar-refractivity contribution >= 4 is 11.6 Å². The Kier molecular flexibility index (Phi) is 7.13. The van der Waals surface area contributed by atoms with Gasteiger partial charge in [-0.3, -0.25) is 4.79 Å². The molecule has 0 saturated heterocycles. The fourth-order valence-corrected chi connectivity index (χ4v) is 2.45. The number of nitrogens with zero attached hydrogens (tertiary/aromatic N) is 1.